The van der Waals surface area contributed by atoms with Crippen molar-refractivity contribution >= 4 is 23.3 Å². The minimum Gasteiger partial charge on any atom is -0.479 e. The van der Waals surface area contributed by atoms with Gasteiger partial charge >= 0.3 is 12.0 Å². The molecule has 1 saturated heterocycles. The molecule has 0 aromatic carbocycles. The van der Waals surface area contributed by atoms with Gasteiger partial charge in [0.1, 0.15) is 0 Å². The number of rotatable bonds is 5. The Morgan fingerprint density at radius 2 is 2.40 bits per heavy atom. The average Bonchev–Trinajstić information content (AvgIpc) is 3.07. The molecule has 2 amide bonds. The number of aliphatic carboxylic acids is 1. The zero-order valence-corrected chi connectivity index (χ0v) is 12.1. The number of thiophene rings is 1. The Balaban J connectivity index is 2.03. The number of carbonyl (C=O) groups excluding carboxylic acids is 1. The quantitative estimate of drug-likeness (QED) is 0.864. The fourth-order valence-corrected chi connectivity index (χ4v) is 2.81. The van der Waals surface area contributed by atoms with E-state index in [1.54, 1.807) is 16.2 Å². The summed E-state index contributed by atoms with van der Waals surface area (Å²) >= 11 is 1.57. The standard InChI is InChI=1S/C13H18N2O4S/c1-2-15(8-10-4-3-7-20-10)12(18)14-13(11(16)17)5-6-19-9-13/h3-4,7H,2,5-6,8-9H2,1H3,(H,14,18)(H,16,17). The highest BCUT2D eigenvalue weighted by atomic mass is 32.1. The summed E-state index contributed by atoms with van der Waals surface area (Å²) in [5.41, 5.74) is -1.29. The van der Waals surface area contributed by atoms with Crippen LogP contribution in [0.1, 0.15) is 18.2 Å². The zero-order chi connectivity index (χ0) is 14.6. The number of hydrogen-bond acceptors (Lipinski definition) is 4. The van der Waals surface area contributed by atoms with E-state index in [9.17, 15) is 14.7 Å². The summed E-state index contributed by atoms with van der Waals surface area (Å²) in [4.78, 5) is 26.3. The predicted octanol–water partition coefficient (Wildman–Crippen LogP) is 1.52. The number of carbonyl (C=O) groups is 2. The van der Waals surface area contributed by atoms with Crippen molar-refractivity contribution in [2.45, 2.75) is 25.4 Å². The first-order chi connectivity index (χ1) is 9.57. The topological polar surface area (TPSA) is 78.9 Å². The van der Waals surface area contributed by atoms with Gasteiger partial charge < -0.3 is 20.1 Å². The molecule has 20 heavy (non-hydrogen) atoms. The lowest BCUT2D eigenvalue weighted by molar-refractivity contribution is -0.144. The second kappa shape index (κ2) is 6.23. The van der Waals surface area contributed by atoms with Crippen molar-refractivity contribution in [2.75, 3.05) is 19.8 Å². The molecule has 7 heteroatoms. The van der Waals surface area contributed by atoms with E-state index in [1.807, 2.05) is 24.4 Å². The van der Waals surface area contributed by atoms with Gasteiger partial charge in [-0.2, -0.15) is 0 Å². The smallest absolute Gasteiger partial charge is 0.332 e. The fourth-order valence-electron chi connectivity index (χ4n) is 2.09. The lowest BCUT2D eigenvalue weighted by Gasteiger charge is -2.28. The van der Waals surface area contributed by atoms with E-state index in [0.29, 0.717) is 26.1 Å². The molecule has 1 unspecified atom stereocenters. The van der Waals surface area contributed by atoms with Crippen molar-refractivity contribution in [3.05, 3.63) is 22.4 Å². The molecule has 2 rings (SSSR count). The number of ether oxygens (including phenoxy) is 1. The summed E-state index contributed by atoms with van der Waals surface area (Å²) in [5, 5.41) is 13.9. The van der Waals surface area contributed by atoms with E-state index < -0.39 is 11.5 Å². The van der Waals surface area contributed by atoms with Crippen molar-refractivity contribution in [2.24, 2.45) is 0 Å². The summed E-state index contributed by atoms with van der Waals surface area (Å²) in [6, 6.07) is 3.51. The summed E-state index contributed by atoms with van der Waals surface area (Å²) < 4.78 is 5.13. The molecule has 6 nitrogen and oxygen atoms in total. The molecule has 0 radical (unpaired) electrons. The maximum atomic E-state index is 12.3. The lowest BCUT2D eigenvalue weighted by Crippen LogP contribution is -2.58. The molecule has 1 atom stereocenters. The van der Waals surface area contributed by atoms with Crippen LogP contribution in [0.2, 0.25) is 0 Å². The SMILES string of the molecule is CCN(Cc1cccs1)C(=O)NC1(C(=O)O)CCOC1. The molecule has 1 aliphatic heterocycles. The Bertz CT molecular complexity index is 469. The molecule has 0 saturated carbocycles. The van der Waals surface area contributed by atoms with Gasteiger partial charge in [-0.3, -0.25) is 0 Å². The molecule has 0 spiro atoms. The van der Waals surface area contributed by atoms with Crippen molar-refractivity contribution < 1.29 is 19.4 Å². The first-order valence-electron chi connectivity index (χ1n) is 6.48. The van der Waals surface area contributed by atoms with Gasteiger partial charge in [-0.05, 0) is 18.4 Å². The number of nitrogens with zero attached hydrogens (tertiary/aromatic N) is 1. The minimum absolute atomic E-state index is 0.0185. The van der Waals surface area contributed by atoms with Crippen LogP contribution >= 0.6 is 11.3 Å². The minimum atomic E-state index is -1.29. The average molecular weight is 298 g/mol. The first-order valence-corrected chi connectivity index (χ1v) is 7.36. The molecule has 1 aromatic heterocycles. The van der Waals surface area contributed by atoms with E-state index in [2.05, 4.69) is 5.32 Å². The van der Waals surface area contributed by atoms with Crippen molar-refractivity contribution in [3.8, 4) is 0 Å². The Labute approximate surface area is 121 Å². The number of hydrogen-bond donors (Lipinski definition) is 2. The van der Waals surface area contributed by atoms with Crippen molar-refractivity contribution in [1.29, 1.82) is 0 Å². The first kappa shape index (κ1) is 14.8. The van der Waals surface area contributed by atoms with Crippen LogP contribution in [0.3, 0.4) is 0 Å². The Morgan fingerprint density at radius 1 is 1.60 bits per heavy atom. The van der Waals surface area contributed by atoms with Gasteiger partial charge in [-0.1, -0.05) is 6.07 Å². The second-order valence-corrected chi connectivity index (χ2v) is 5.75. The van der Waals surface area contributed by atoms with Gasteiger partial charge in [0.25, 0.3) is 0 Å². The maximum absolute atomic E-state index is 12.3. The normalized spacial score (nSPS) is 21.6. The third kappa shape index (κ3) is 3.10. The number of nitrogens with one attached hydrogen (secondary N) is 1. The molecule has 1 aliphatic rings. The third-order valence-electron chi connectivity index (χ3n) is 3.37. The van der Waals surface area contributed by atoms with E-state index in [4.69, 9.17) is 4.74 Å². The zero-order valence-electron chi connectivity index (χ0n) is 11.3. The lowest BCUT2D eigenvalue weighted by atomic mass is 9.99. The molecule has 0 bridgehead atoms. The molecule has 0 aliphatic carbocycles. The number of carboxylic acid groups (broad SMARTS) is 1. The number of urea groups is 1. The molecular weight excluding hydrogens is 280 g/mol. The van der Waals surface area contributed by atoms with Crippen LogP contribution in [-0.2, 0) is 16.1 Å². The van der Waals surface area contributed by atoms with E-state index >= 15 is 0 Å². The van der Waals surface area contributed by atoms with Crippen LogP contribution < -0.4 is 5.32 Å². The van der Waals surface area contributed by atoms with Crippen LogP contribution in [0.25, 0.3) is 0 Å². The summed E-state index contributed by atoms with van der Waals surface area (Å²) in [6.45, 7) is 3.23. The molecule has 1 fully saturated rings. The van der Waals surface area contributed by atoms with Gasteiger partial charge in [-0.15, -0.1) is 11.3 Å². The maximum Gasteiger partial charge on any atom is 0.332 e. The number of amides is 2. The Hall–Kier alpha value is -1.60. The van der Waals surface area contributed by atoms with Crippen LogP contribution in [0.5, 0.6) is 0 Å². The van der Waals surface area contributed by atoms with E-state index in [-0.39, 0.29) is 12.6 Å². The van der Waals surface area contributed by atoms with Crippen LogP contribution in [0.15, 0.2) is 17.5 Å². The molecule has 1 aromatic rings. The molecule has 2 heterocycles. The van der Waals surface area contributed by atoms with Crippen LogP contribution in [0.4, 0.5) is 4.79 Å². The molecule has 110 valence electrons. The summed E-state index contributed by atoms with van der Waals surface area (Å²) in [5.74, 6) is -1.05. The Morgan fingerprint density at radius 3 is 2.90 bits per heavy atom. The summed E-state index contributed by atoms with van der Waals surface area (Å²) in [7, 11) is 0. The van der Waals surface area contributed by atoms with Gasteiger partial charge in [0, 0.05) is 24.4 Å². The number of carboxylic acids is 1. The van der Waals surface area contributed by atoms with Crippen molar-refractivity contribution in [3.63, 3.8) is 0 Å². The Kier molecular flexibility index (Phi) is 4.61. The van der Waals surface area contributed by atoms with Crippen LogP contribution in [-0.4, -0.2) is 47.3 Å². The fraction of sp³-hybridized carbons (Fsp3) is 0.538. The largest absolute Gasteiger partial charge is 0.479 e. The van der Waals surface area contributed by atoms with Gasteiger partial charge in [-0.25, -0.2) is 9.59 Å². The predicted molar refractivity (Wildman–Crippen MR) is 74.7 cm³/mol. The van der Waals surface area contributed by atoms with E-state index in [0.717, 1.165) is 4.88 Å². The van der Waals surface area contributed by atoms with Gasteiger partial charge in [0.2, 0.25) is 0 Å². The van der Waals surface area contributed by atoms with Crippen molar-refractivity contribution in [1.82, 2.24) is 10.2 Å². The van der Waals surface area contributed by atoms with Gasteiger partial charge in [0.05, 0.1) is 13.2 Å². The van der Waals surface area contributed by atoms with Crippen LogP contribution in [0, 0.1) is 0 Å². The molecular formula is C13H18N2O4S. The second-order valence-electron chi connectivity index (χ2n) is 4.71. The third-order valence-corrected chi connectivity index (χ3v) is 4.23. The monoisotopic (exact) mass is 298 g/mol. The highest BCUT2D eigenvalue weighted by Crippen LogP contribution is 2.20. The molecule has 2 N–H and O–H groups in total. The summed E-state index contributed by atoms with van der Waals surface area (Å²) in [6.07, 6.45) is 0.296. The highest BCUT2D eigenvalue weighted by Gasteiger charge is 2.44. The van der Waals surface area contributed by atoms with E-state index in [1.165, 1.54) is 0 Å². The highest BCUT2D eigenvalue weighted by molar-refractivity contribution is 7.09. The van der Waals surface area contributed by atoms with Gasteiger partial charge in [0.15, 0.2) is 5.54 Å².